The van der Waals surface area contributed by atoms with Crippen molar-refractivity contribution in [3.8, 4) is 0 Å². The minimum absolute atomic E-state index is 0.425. The molecule has 20 heavy (non-hydrogen) atoms. The fourth-order valence-electron chi connectivity index (χ4n) is 2.10. The zero-order chi connectivity index (χ0) is 15.3. The first-order valence-corrected chi connectivity index (χ1v) is 9.02. The first kappa shape index (κ1) is 17.0. The zero-order valence-electron chi connectivity index (χ0n) is 13.0. The average Bonchev–Trinajstić information content (AvgIpc) is 2.42. The van der Waals surface area contributed by atoms with Crippen LogP contribution in [0.25, 0.3) is 0 Å². The van der Waals surface area contributed by atoms with Crippen LogP contribution in [0.1, 0.15) is 48.8 Å². The van der Waals surface area contributed by atoms with Gasteiger partial charge in [0.1, 0.15) is 11.1 Å². The summed E-state index contributed by atoms with van der Waals surface area (Å²) in [5, 5.41) is 2.47. The van der Waals surface area contributed by atoms with E-state index < -0.39 is 15.1 Å². The summed E-state index contributed by atoms with van der Waals surface area (Å²) in [4.78, 5) is 9.00. The lowest BCUT2D eigenvalue weighted by Gasteiger charge is -2.16. The van der Waals surface area contributed by atoms with E-state index in [0.717, 1.165) is 42.8 Å². The second-order valence-corrected chi connectivity index (χ2v) is 7.35. The summed E-state index contributed by atoms with van der Waals surface area (Å²) in [5.41, 5.74) is 3.10. The number of nitrogens with one attached hydrogen (secondary N) is 1. The molecule has 1 heterocycles. The molecule has 1 N–H and O–H groups in total. The minimum atomic E-state index is -3.17. The van der Waals surface area contributed by atoms with Crippen molar-refractivity contribution >= 4 is 9.84 Å². The standard InChI is InChI=1S/C14H25N3O2S/c1-6-12-11(8-9-15-4)13(7-2)17-14(16-12)10(3)20(5,18)19/h10,15H,6-9H2,1-5H3. The van der Waals surface area contributed by atoms with Crippen LogP contribution in [-0.2, 0) is 29.1 Å². The van der Waals surface area contributed by atoms with E-state index >= 15 is 0 Å². The van der Waals surface area contributed by atoms with Gasteiger partial charge in [0.15, 0.2) is 9.84 Å². The van der Waals surface area contributed by atoms with E-state index in [-0.39, 0.29) is 0 Å². The van der Waals surface area contributed by atoms with Gasteiger partial charge in [0, 0.05) is 17.6 Å². The van der Waals surface area contributed by atoms with Crippen LogP contribution in [0.5, 0.6) is 0 Å². The van der Waals surface area contributed by atoms with E-state index in [4.69, 9.17) is 0 Å². The molecule has 0 aliphatic rings. The van der Waals surface area contributed by atoms with E-state index in [0.29, 0.717) is 5.82 Å². The van der Waals surface area contributed by atoms with Gasteiger partial charge in [-0.25, -0.2) is 18.4 Å². The Hall–Kier alpha value is -1.01. The zero-order valence-corrected chi connectivity index (χ0v) is 13.8. The Balaban J connectivity index is 3.32. The third-order valence-corrected chi connectivity index (χ3v) is 4.99. The van der Waals surface area contributed by atoms with Crippen molar-refractivity contribution < 1.29 is 8.42 Å². The van der Waals surface area contributed by atoms with E-state index in [1.165, 1.54) is 6.26 Å². The van der Waals surface area contributed by atoms with Crippen LogP contribution in [0.15, 0.2) is 0 Å². The summed E-state index contributed by atoms with van der Waals surface area (Å²) in [6, 6.07) is 0. The molecule has 1 aromatic heterocycles. The molecule has 0 amide bonds. The third-order valence-electron chi connectivity index (χ3n) is 3.50. The van der Waals surface area contributed by atoms with Gasteiger partial charge in [-0.2, -0.15) is 0 Å². The molecule has 0 radical (unpaired) electrons. The lowest BCUT2D eigenvalue weighted by Crippen LogP contribution is -2.18. The van der Waals surface area contributed by atoms with Gasteiger partial charge in [0.2, 0.25) is 0 Å². The smallest absolute Gasteiger partial charge is 0.157 e. The fourth-order valence-corrected chi connectivity index (χ4v) is 2.59. The van der Waals surface area contributed by atoms with E-state index in [1.54, 1.807) is 6.92 Å². The number of rotatable bonds is 7. The maximum absolute atomic E-state index is 11.7. The van der Waals surface area contributed by atoms with Crippen LogP contribution in [-0.4, -0.2) is 38.2 Å². The molecule has 114 valence electrons. The van der Waals surface area contributed by atoms with Crippen LogP contribution in [0.3, 0.4) is 0 Å². The van der Waals surface area contributed by atoms with Crippen molar-refractivity contribution in [3.05, 3.63) is 22.8 Å². The molecule has 1 aromatic rings. The molecule has 0 saturated heterocycles. The number of nitrogens with zero attached hydrogens (tertiary/aromatic N) is 2. The molecule has 6 heteroatoms. The monoisotopic (exact) mass is 299 g/mol. The molecule has 5 nitrogen and oxygen atoms in total. The second-order valence-electron chi connectivity index (χ2n) is 4.99. The van der Waals surface area contributed by atoms with Crippen LogP contribution >= 0.6 is 0 Å². The van der Waals surface area contributed by atoms with Crippen LogP contribution in [0.2, 0.25) is 0 Å². The Labute approximate surface area is 122 Å². The van der Waals surface area contributed by atoms with E-state index in [9.17, 15) is 8.42 Å². The lowest BCUT2D eigenvalue weighted by molar-refractivity contribution is 0.588. The Morgan fingerprint density at radius 3 is 2.00 bits per heavy atom. The van der Waals surface area contributed by atoms with Gasteiger partial charge in [0.05, 0.1) is 0 Å². The molecule has 1 rings (SSSR count). The van der Waals surface area contributed by atoms with Crippen molar-refractivity contribution in [2.75, 3.05) is 19.8 Å². The van der Waals surface area contributed by atoms with Crippen molar-refractivity contribution in [2.45, 2.75) is 45.3 Å². The van der Waals surface area contributed by atoms with Crippen LogP contribution in [0, 0.1) is 0 Å². The summed E-state index contributed by atoms with van der Waals surface area (Å²) in [5.74, 6) is 0.425. The highest BCUT2D eigenvalue weighted by Crippen LogP contribution is 2.21. The topological polar surface area (TPSA) is 72.0 Å². The maximum Gasteiger partial charge on any atom is 0.157 e. The quantitative estimate of drug-likeness (QED) is 0.825. The van der Waals surface area contributed by atoms with Gasteiger partial charge in [0.25, 0.3) is 0 Å². The van der Waals surface area contributed by atoms with E-state index in [1.807, 2.05) is 20.9 Å². The summed E-state index contributed by atoms with van der Waals surface area (Å²) in [6.45, 7) is 6.60. The number of hydrogen-bond donors (Lipinski definition) is 1. The SMILES string of the molecule is CCc1nc(C(C)S(C)(=O)=O)nc(CC)c1CCNC. The molecular weight excluding hydrogens is 274 g/mol. The van der Waals surface area contributed by atoms with Crippen LogP contribution in [0.4, 0.5) is 0 Å². The first-order valence-electron chi connectivity index (χ1n) is 7.07. The molecule has 0 saturated carbocycles. The Kier molecular flexibility index (Phi) is 6.07. The molecule has 0 aromatic carbocycles. The summed E-state index contributed by atoms with van der Waals surface area (Å²) >= 11 is 0. The van der Waals surface area contributed by atoms with E-state index in [2.05, 4.69) is 15.3 Å². The lowest BCUT2D eigenvalue weighted by atomic mass is 10.0. The van der Waals surface area contributed by atoms with Crippen molar-refractivity contribution in [2.24, 2.45) is 0 Å². The van der Waals surface area contributed by atoms with Gasteiger partial charge < -0.3 is 5.32 Å². The van der Waals surface area contributed by atoms with Gasteiger partial charge in [-0.1, -0.05) is 13.8 Å². The third kappa shape index (κ3) is 3.99. The molecule has 0 fully saturated rings. The largest absolute Gasteiger partial charge is 0.319 e. The average molecular weight is 299 g/mol. The number of hydrogen-bond acceptors (Lipinski definition) is 5. The molecule has 0 bridgehead atoms. The fraction of sp³-hybridized carbons (Fsp3) is 0.714. The van der Waals surface area contributed by atoms with Gasteiger partial charge in [-0.3, -0.25) is 0 Å². The van der Waals surface area contributed by atoms with Crippen molar-refractivity contribution in [1.29, 1.82) is 0 Å². The highest BCUT2D eigenvalue weighted by Gasteiger charge is 2.22. The normalized spacial score (nSPS) is 13.4. The molecular formula is C14H25N3O2S. The Bertz CT molecular complexity index is 531. The van der Waals surface area contributed by atoms with Crippen LogP contribution < -0.4 is 5.32 Å². The first-order chi connectivity index (χ1) is 9.35. The molecule has 1 atom stereocenters. The van der Waals surface area contributed by atoms with Gasteiger partial charge in [-0.05, 0) is 45.3 Å². The Morgan fingerprint density at radius 1 is 1.15 bits per heavy atom. The highest BCUT2D eigenvalue weighted by atomic mass is 32.2. The van der Waals surface area contributed by atoms with Gasteiger partial charge >= 0.3 is 0 Å². The molecule has 0 aliphatic carbocycles. The number of sulfone groups is 1. The number of aryl methyl sites for hydroxylation is 2. The Morgan fingerprint density at radius 2 is 1.65 bits per heavy atom. The second kappa shape index (κ2) is 7.13. The summed E-state index contributed by atoms with van der Waals surface area (Å²) in [7, 11) is -1.26. The predicted molar refractivity (Wildman–Crippen MR) is 81.7 cm³/mol. The predicted octanol–water partition coefficient (Wildman–Crippen LogP) is 1.47. The maximum atomic E-state index is 11.7. The molecule has 0 aliphatic heterocycles. The minimum Gasteiger partial charge on any atom is -0.319 e. The summed E-state index contributed by atoms with van der Waals surface area (Å²) in [6.07, 6.45) is 3.68. The van der Waals surface area contributed by atoms with Crippen molar-refractivity contribution in [3.63, 3.8) is 0 Å². The highest BCUT2D eigenvalue weighted by molar-refractivity contribution is 7.90. The van der Waals surface area contributed by atoms with Gasteiger partial charge in [-0.15, -0.1) is 0 Å². The number of aromatic nitrogens is 2. The van der Waals surface area contributed by atoms with Crippen molar-refractivity contribution in [1.82, 2.24) is 15.3 Å². The number of likely N-dealkylation sites (N-methyl/N-ethyl adjacent to an activating group) is 1. The molecule has 1 unspecified atom stereocenters. The summed E-state index contributed by atoms with van der Waals surface area (Å²) < 4.78 is 23.4. The molecule has 0 spiro atoms.